The number of halogens is 3. The van der Waals surface area contributed by atoms with Crippen LogP contribution >= 0.6 is 0 Å². The summed E-state index contributed by atoms with van der Waals surface area (Å²) in [5.74, 6) is 0. The van der Waals surface area contributed by atoms with Crippen molar-refractivity contribution in [2.24, 2.45) is 0 Å². The average molecular weight is 286 g/mol. The predicted octanol–water partition coefficient (Wildman–Crippen LogP) is 0.812. The zero-order valence-corrected chi connectivity index (χ0v) is 9.61. The van der Waals surface area contributed by atoms with Gasteiger partial charge in [0.25, 0.3) is 6.47 Å². The van der Waals surface area contributed by atoms with E-state index in [0.717, 1.165) is 0 Å². The van der Waals surface area contributed by atoms with Crippen LogP contribution in [0.25, 0.3) is 0 Å². The van der Waals surface area contributed by atoms with Crippen LogP contribution in [0.2, 0.25) is 0 Å². The highest BCUT2D eigenvalue weighted by molar-refractivity contribution is 7.73. The monoisotopic (exact) mass is 286 g/mol. The standard InChI is InChI=1S/C8H7F3O3S.CH2O2/c9-8(10,11)5-14-6-3-1-2-4-7(6)15(12)13;2-1-3/h1-4,6H,5H2;1H,(H,2,3). The Hall–Kier alpha value is -1.61. The number of rotatable bonds is 2. The summed E-state index contributed by atoms with van der Waals surface area (Å²) < 4.78 is 61.1. The quantitative estimate of drug-likeness (QED) is 0.600. The minimum absolute atomic E-state index is 0.207. The lowest BCUT2D eigenvalue weighted by atomic mass is 10.1. The van der Waals surface area contributed by atoms with E-state index in [-0.39, 0.29) is 11.3 Å². The first-order valence-electron chi connectivity index (χ1n) is 4.39. The van der Waals surface area contributed by atoms with Crippen LogP contribution < -0.4 is 0 Å². The van der Waals surface area contributed by atoms with Crippen LogP contribution in [-0.4, -0.2) is 43.7 Å². The van der Waals surface area contributed by atoms with Crippen molar-refractivity contribution < 1.29 is 36.2 Å². The lowest BCUT2D eigenvalue weighted by Crippen LogP contribution is -2.28. The molecule has 0 heterocycles. The fraction of sp³-hybridized carbons (Fsp3) is 0.333. The molecule has 0 spiro atoms. The largest absolute Gasteiger partial charge is 0.483 e. The van der Waals surface area contributed by atoms with Crippen molar-refractivity contribution >= 4 is 21.6 Å². The van der Waals surface area contributed by atoms with E-state index in [9.17, 15) is 21.6 Å². The second-order valence-corrected chi connectivity index (χ2v) is 3.77. The summed E-state index contributed by atoms with van der Waals surface area (Å²) in [6.07, 6.45) is -0.337. The molecule has 18 heavy (non-hydrogen) atoms. The Morgan fingerprint density at radius 3 is 2.39 bits per heavy atom. The second kappa shape index (κ2) is 7.67. The minimum atomic E-state index is -4.47. The van der Waals surface area contributed by atoms with E-state index >= 15 is 0 Å². The van der Waals surface area contributed by atoms with Gasteiger partial charge in [0.2, 0.25) is 10.3 Å². The van der Waals surface area contributed by atoms with E-state index in [1.54, 1.807) is 0 Å². The molecule has 0 bridgehead atoms. The Morgan fingerprint density at radius 1 is 1.39 bits per heavy atom. The maximum Gasteiger partial charge on any atom is 0.411 e. The molecule has 1 rings (SSSR count). The first kappa shape index (κ1) is 16.4. The van der Waals surface area contributed by atoms with Crippen molar-refractivity contribution in [3.63, 3.8) is 0 Å². The minimum Gasteiger partial charge on any atom is -0.483 e. The SMILES string of the molecule is O=CO.O=S(=O)=C1C=CC=CC1OCC(F)(F)F. The Morgan fingerprint density at radius 2 is 1.94 bits per heavy atom. The molecule has 1 aliphatic rings. The van der Waals surface area contributed by atoms with E-state index < -0.39 is 29.2 Å². The van der Waals surface area contributed by atoms with Crippen LogP contribution in [0.15, 0.2) is 24.3 Å². The molecule has 0 saturated heterocycles. The Labute approximate surface area is 102 Å². The van der Waals surface area contributed by atoms with Crippen molar-refractivity contribution in [2.45, 2.75) is 12.3 Å². The molecule has 1 N–H and O–H groups in total. The fourth-order valence-electron chi connectivity index (χ4n) is 0.977. The van der Waals surface area contributed by atoms with Crippen molar-refractivity contribution in [1.82, 2.24) is 0 Å². The Balaban J connectivity index is 0.000000873. The highest BCUT2D eigenvalue weighted by Gasteiger charge is 2.30. The Kier molecular flexibility index (Phi) is 6.98. The van der Waals surface area contributed by atoms with Gasteiger partial charge in [0.1, 0.15) is 17.6 Å². The zero-order valence-electron chi connectivity index (χ0n) is 8.79. The molecule has 0 aromatic carbocycles. The molecule has 1 atom stereocenters. The summed E-state index contributed by atoms with van der Waals surface area (Å²) in [7, 11) is -2.57. The summed E-state index contributed by atoms with van der Waals surface area (Å²) in [5, 5.41) is 6.89. The topological polar surface area (TPSA) is 80.7 Å². The lowest BCUT2D eigenvalue weighted by Gasteiger charge is -2.15. The van der Waals surface area contributed by atoms with Gasteiger partial charge >= 0.3 is 6.18 Å². The summed E-state index contributed by atoms with van der Waals surface area (Å²) >= 11 is 0. The van der Waals surface area contributed by atoms with Crippen molar-refractivity contribution in [3.05, 3.63) is 24.3 Å². The molecule has 0 fully saturated rings. The number of hydrogen-bond acceptors (Lipinski definition) is 4. The third-order valence-electron chi connectivity index (χ3n) is 1.56. The van der Waals surface area contributed by atoms with Crippen molar-refractivity contribution in [2.75, 3.05) is 6.61 Å². The van der Waals surface area contributed by atoms with E-state index in [1.807, 2.05) is 0 Å². The first-order chi connectivity index (χ1) is 8.31. The fourth-order valence-corrected chi connectivity index (χ4v) is 1.50. The zero-order chi connectivity index (χ0) is 14.2. The van der Waals surface area contributed by atoms with Gasteiger partial charge in [-0.25, -0.2) is 0 Å². The van der Waals surface area contributed by atoms with Gasteiger partial charge in [0, 0.05) is 0 Å². The summed E-state index contributed by atoms with van der Waals surface area (Å²) in [6.45, 7) is -1.73. The third-order valence-corrected chi connectivity index (χ3v) is 2.31. The smallest absolute Gasteiger partial charge is 0.411 e. The van der Waals surface area contributed by atoms with Crippen LogP contribution in [0.3, 0.4) is 0 Å². The number of carboxylic acid groups (broad SMARTS) is 1. The predicted molar refractivity (Wildman–Crippen MR) is 56.7 cm³/mol. The van der Waals surface area contributed by atoms with Crippen molar-refractivity contribution in [1.29, 1.82) is 0 Å². The average Bonchev–Trinajstić information content (AvgIpc) is 2.27. The first-order valence-corrected chi connectivity index (χ1v) is 5.46. The number of allylic oxidation sites excluding steroid dienone is 2. The molecule has 5 nitrogen and oxygen atoms in total. The molecule has 0 radical (unpaired) electrons. The molecule has 9 heteroatoms. The van der Waals surface area contributed by atoms with Gasteiger partial charge < -0.3 is 9.84 Å². The van der Waals surface area contributed by atoms with E-state index in [4.69, 9.17) is 9.90 Å². The maximum atomic E-state index is 11.8. The molecule has 1 aliphatic carbocycles. The van der Waals surface area contributed by atoms with E-state index in [1.165, 1.54) is 24.3 Å². The normalized spacial score (nSPS) is 17.9. The third kappa shape index (κ3) is 6.86. The van der Waals surface area contributed by atoms with Crippen LogP contribution in [0, 0.1) is 0 Å². The molecular weight excluding hydrogens is 277 g/mol. The summed E-state index contributed by atoms with van der Waals surface area (Å²) in [6, 6.07) is 0. The van der Waals surface area contributed by atoms with Gasteiger partial charge in [0.15, 0.2) is 0 Å². The van der Waals surface area contributed by atoms with Crippen LogP contribution in [-0.2, 0) is 19.8 Å². The number of alkyl halides is 3. The number of ether oxygens (including phenoxy) is 1. The Bertz CT molecular complexity index is 453. The van der Waals surface area contributed by atoms with Gasteiger partial charge in [-0.05, 0) is 6.08 Å². The van der Waals surface area contributed by atoms with Crippen LogP contribution in [0.5, 0.6) is 0 Å². The molecule has 102 valence electrons. The van der Waals surface area contributed by atoms with E-state index in [0.29, 0.717) is 0 Å². The van der Waals surface area contributed by atoms with Gasteiger partial charge in [-0.15, -0.1) is 0 Å². The van der Waals surface area contributed by atoms with Gasteiger partial charge in [0.05, 0.1) is 0 Å². The van der Waals surface area contributed by atoms with E-state index in [2.05, 4.69) is 4.74 Å². The van der Waals surface area contributed by atoms with Crippen LogP contribution in [0.4, 0.5) is 13.2 Å². The van der Waals surface area contributed by atoms with Gasteiger partial charge in [-0.1, -0.05) is 18.2 Å². The van der Waals surface area contributed by atoms with Crippen LogP contribution in [0.1, 0.15) is 0 Å². The summed E-state index contributed by atoms with van der Waals surface area (Å²) in [4.78, 5) is 8.15. The number of carbonyl (C=O) groups is 1. The highest BCUT2D eigenvalue weighted by Crippen LogP contribution is 2.17. The molecule has 1 unspecified atom stereocenters. The van der Waals surface area contributed by atoms with Gasteiger partial charge in [-0.3, -0.25) is 4.79 Å². The number of hydrogen-bond donors (Lipinski definition) is 1. The van der Waals surface area contributed by atoms with Gasteiger partial charge in [-0.2, -0.15) is 21.6 Å². The van der Waals surface area contributed by atoms with Crippen molar-refractivity contribution in [3.8, 4) is 0 Å². The molecule has 0 aromatic rings. The molecular formula is C9H9F3O5S. The second-order valence-electron chi connectivity index (χ2n) is 2.83. The molecule has 0 aliphatic heterocycles. The maximum absolute atomic E-state index is 11.8. The lowest BCUT2D eigenvalue weighted by molar-refractivity contribution is -0.175. The molecule has 0 saturated carbocycles. The highest BCUT2D eigenvalue weighted by atomic mass is 32.2. The molecule has 0 amide bonds. The molecule has 0 aromatic heterocycles. The summed E-state index contributed by atoms with van der Waals surface area (Å²) in [5.41, 5.74) is 0.